The third-order valence-electron chi connectivity index (χ3n) is 9.95. The zero-order valence-electron chi connectivity index (χ0n) is 19.8. The molecule has 0 N–H and O–H groups in total. The van der Waals surface area contributed by atoms with Crippen LogP contribution in [-0.2, 0) is 9.47 Å². The summed E-state index contributed by atoms with van der Waals surface area (Å²) in [5.74, 6) is 3.65. The van der Waals surface area contributed by atoms with Gasteiger partial charge in [-0.2, -0.15) is 0 Å². The highest BCUT2D eigenvalue weighted by Gasteiger charge is 2.44. The Balaban J connectivity index is 1.52. The minimum absolute atomic E-state index is 0.504. The molecule has 164 valence electrons. The molecule has 0 radical (unpaired) electrons. The van der Waals surface area contributed by atoms with Crippen molar-refractivity contribution < 1.29 is 9.47 Å². The molecular weight excluding hydrogens is 344 g/mol. The molecule has 0 aromatic carbocycles. The molecular formula is C26H48O2. The maximum absolute atomic E-state index is 5.61. The molecule has 0 heterocycles. The van der Waals surface area contributed by atoms with Crippen molar-refractivity contribution in [3.8, 4) is 0 Å². The van der Waals surface area contributed by atoms with Gasteiger partial charge >= 0.3 is 0 Å². The summed E-state index contributed by atoms with van der Waals surface area (Å²) < 4.78 is 11.2. The maximum Gasteiger partial charge on any atom is 0.0571 e. The molecule has 3 aliphatic rings. The highest BCUT2D eigenvalue weighted by molar-refractivity contribution is 4.95. The molecule has 0 aromatic heterocycles. The van der Waals surface area contributed by atoms with Gasteiger partial charge in [0.25, 0.3) is 0 Å². The van der Waals surface area contributed by atoms with E-state index < -0.39 is 0 Å². The minimum atomic E-state index is 0.504. The molecule has 3 fully saturated rings. The Morgan fingerprint density at radius 2 is 0.643 bits per heavy atom. The van der Waals surface area contributed by atoms with Crippen LogP contribution in [0.25, 0.3) is 0 Å². The lowest BCUT2D eigenvalue weighted by molar-refractivity contribution is -0.0260. The highest BCUT2D eigenvalue weighted by atomic mass is 16.5. The molecule has 0 aliphatic heterocycles. The van der Waals surface area contributed by atoms with E-state index in [-0.39, 0.29) is 0 Å². The van der Waals surface area contributed by atoms with Crippen molar-refractivity contribution >= 4 is 0 Å². The van der Waals surface area contributed by atoms with Gasteiger partial charge in [0, 0.05) is 14.2 Å². The molecule has 3 rings (SSSR count). The number of hydrogen-bond donors (Lipinski definition) is 0. The van der Waals surface area contributed by atoms with Crippen LogP contribution in [0.15, 0.2) is 0 Å². The summed E-state index contributed by atoms with van der Waals surface area (Å²) >= 11 is 0. The molecule has 0 amide bonds. The molecule has 0 bridgehead atoms. The summed E-state index contributed by atoms with van der Waals surface area (Å²) in [6, 6.07) is 0. The Morgan fingerprint density at radius 1 is 0.429 bits per heavy atom. The SMILES string of the molecule is COC1CCC(C(C)(C)C2CCC(C(C)(C)C3CCC(OC)CC3)CC2)CC1. The summed E-state index contributed by atoms with van der Waals surface area (Å²) in [5, 5.41) is 0. The van der Waals surface area contributed by atoms with Crippen LogP contribution in [0.4, 0.5) is 0 Å². The number of hydrogen-bond acceptors (Lipinski definition) is 2. The van der Waals surface area contributed by atoms with Gasteiger partial charge in [-0.15, -0.1) is 0 Å². The van der Waals surface area contributed by atoms with Crippen LogP contribution in [0.3, 0.4) is 0 Å². The topological polar surface area (TPSA) is 18.5 Å². The van der Waals surface area contributed by atoms with Gasteiger partial charge in [0.2, 0.25) is 0 Å². The van der Waals surface area contributed by atoms with Crippen molar-refractivity contribution in [3.05, 3.63) is 0 Å². The van der Waals surface area contributed by atoms with Gasteiger partial charge in [-0.1, -0.05) is 27.7 Å². The fraction of sp³-hybridized carbons (Fsp3) is 1.00. The van der Waals surface area contributed by atoms with Gasteiger partial charge in [0.05, 0.1) is 12.2 Å². The fourth-order valence-electron chi connectivity index (χ4n) is 7.33. The third-order valence-corrected chi connectivity index (χ3v) is 9.95. The number of ether oxygens (including phenoxy) is 2. The minimum Gasteiger partial charge on any atom is -0.381 e. The summed E-state index contributed by atoms with van der Waals surface area (Å²) in [4.78, 5) is 0. The number of methoxy groups -OCH3 is 2. The molecule has 3 saturated carbocycles. The largest absolute Gasteiger partial charge is 0.381 e. The van der Waals surface area contributed by atoms with E-state index in [2.05, 4.69) is 27.7 Å². The van der Waals surface area contributed by atoms with E-state index in [1.807, 2.05) is 14.2 Å². The van der Waals surface area contributed by atoms with Crippen molar-refractivity contribution in [2.75, 3.05) is 14.2 Å². The average molecular weight is 393 g/mol. The molecule has 28 heavy (non-hydrogen) atoms. The Morgan fingerprint density at radius 3 is 0.857 bits per heavy atom. The predicted molar refractivity (Wildman–Crippen MR) is 119 cm³/mol. The Labute approximate surface area is 175 Å². The van der Waals surface area contributed by atoms with Gasteiger partial charge in [-0.25, -0.2) is 0 Å². The molecule has 2 heteroatoms. The summed E-state index contributed by atoms with van der Waals surface area (Å²) in [7, 11) is 3.78. The maximum atomic E-state index is 5.61. The van der Waals surface area contributed by atoms with E-state index in [1.165, 1.54) is 77.0 Å². The van der Waals surface area contributed by atoms with Crippen molar-refractivity contribution in [3.63, 3.8) is 0 Å². The molecule has 0 aromatic rings. The van der Waals surface area contributed by atoms with Crippen LogP contribution in [0.5, 0.6) is 0 Å². The van der Waals surface area contributed by atoms with E-state index in [0.29, 0.717) is 23.0 Å². The first-order valence-corrected chi connectivity index (χ1v) is 12.3. The van der Waals surface area contributed by atoms with Gasteiger partial charge < -0.3 is 9.47 Å². The van der Waals surface area contributed by atoms with E-state index in [1.54, 1.807) is 0 Å². The van der Waals surface area contributed by atoms with Crippen LogP contribution >= 0.6 is 0 Å². The first kappa shape index (κ1) is 22.6. The monoisotopic (exact) mass is 392 g/mol. The molecule has 0 unspecified atom stereocenters. The fourth-order valence-corrected chi connectivity index (χ4v) is 7.33. The summed E-state index contributed by atoms with van der Waals surface area (Å²) in [5.41, 5.74) is 1.01. The number of rotatable bonds is 6. The lowest BCUT2D eigenvalue weighted by atomic mass is 9.55. The van der Waals surface area contributed by atoms with E-state index in [4.69, 9.17) is 9.47 Å². The van der Waals surface area contributed by atoms with Crippen molar-refractivity contribution in [2.24, 2.45) is 34.5 Å². The van der Waals surface area contributed by atoms with E-state index in [9.17, 15) is 0 Å². The third kappa shape index (κ3) is 4.80. The normalized spacial score (nSPS) is 38.4. The molecule has 0 spiro atoms. The second-order valence-corrected chi connectivity index (χ2v) is 11.6. The lowest BCUT2D eigenvalue weighted by Gasteiger charge is -2.50. The Kier molecular flexibility index (Phi) is 7.57. The lowest BCUT2D eigenvalue weighted by Crippen LogP contribution is -2.42. The van der Waals surface area contributed by atoms with Gasteiger partial charge in [-0.05, 0) is 112 Å². The van der Waals surface area contributed by atoms with Gasteiger partial charge in [0.1, 0.15) is 0 Å². The van der Waals surface area contributed by atoms with Gasteiger partial charge in [0.15, 0.2) is 0 Å². The quantitative estimate of drug-likeness (QED) is 0.473. The van der Waals surface area contributed by atoms with E-state index in [0.717, 1.165) is 23.7 Å². The van der Waals surface area contributed by atoms with Crippen molar-refractivity contribution in [2.45, 2.75) is 117 Å². The van der Waals surface area contributed by atoms with Gasteiger partial charge in [-0.3, -0.25) is 0 Å². The van der Waals surface area contributed by atoms with Crippen LogP contribution in [0.2, 0.25) is 0 Å². The van der Waals surface area contributed by atoms with Crippen LogP contribution in [-0.4, -0.2) is 26.4 Å². The Bertz CT molecular complexity index is 415. The van der Waals surface area contributed by atoms with E-state index >= 15 is 0 Å². The second-order valence-electron chi connectivity index (χ2n) is 11.6. The predicted octanol–water partition coefficient (Wildman–Crippen LogP) is 7.26. The van der Waals surface area contributed by atoms with Crippen molar-refractivity contribution in [1.82, 2.24) is 0 Å². The first-order chi connectivity index (χ1) is 13.3. The standard InChI is InChI=1S/C26H48O2/c1-25(2,21-11-15-23(27-5)16-12-21)19-7-9-20(10-8-19)26(3,4)22-13-17-24(28-6)18-14-22/h19-24H,7-18H2,1-6H3. The Hall–Kier alpha value is -0.0800. The molecule has 2 nitrogen and oxygen atoms in total. The van der Waals surface area contributed by atoms with Crippen LogP contribution < -0.4 is 0 Å². The molecule has 0 atom stereocenters. The zero-order valence-corrected chi connectivity index (χ0v) is 19.8. The summed E-state index contributed by atoms with van der Waals surface area (Å²) in [6.07, 6.45) is 17.5. The summed E-state index contributed by atoms with van der Waals surface area (Å²) in [6.45, 7) is 10.4. The molecule has 0 saturated heterocycles. The zero-order chi connectivity index (χ0) is 20.4. The first-order valence-electron chi connectivity index (χ1n) is 12.3. The highest BCUT2D eigenvalue weighted by Crippen LogP contribution is 2.54. The smallest absolute Gasteiger partial charge is 0.0571 e. The van der Waals surface area contributed by atoms with Crippen LogP contribution in [0, 0.1) is 34.5 Å². The average Bonchev–Trinajstić information content (AvgIpc) is 2.74. The van der Waals surface area contributed by atoms with Crippen molar-refractivity contribution in [1.29, 1.82) is 0 Å². The van der Waals surface area contributed by atoms with Crippen LogP contribution in [0.1, 0.15) is 105 Å². The molecule has 3 aliphatic carbocycles. The second kappa shape index (κ2) is 9.38.